The van der Waals surface area contributed by atoms with Crippen molar-refractivity contribution in [3.8, 4) is 0 Å². The fraction of sp³-hybridized carbons (Fsp3) is 0.857. The number of nitrogens with one attached hydrogen (secondary N) is 2. The maximum Gasteiger partial charge on any atom is 0.305 e. The summed E-state index contributed by atoms with van der Waals surface area (Å²) in [7, 11) is 0. The molecule has 0 aromatic heterocycles. The Morgan fingerprint density at radius 1 is 1.37 bits per heavy atom. The van der Waals surface area contributed by atoms with Crippen LogP contribution in [0.2, 0.25) is 0 Å². The van der Waals surface area contributed by atoms with Crippen LogP contribution in [-0.4, -0.2) is 36.1 Å². The molecule has 1 amide bonds. The first-order valence-electron chi connectivity index (χ1n) is 7.17. The highest BCUT2D eigenvalue weighted by atomic mass is 16.4. The van der Waals surface area contributed by atoms with Gasteiger partial charge in [0.05, 0.1) is 6.42 Å². The van der Waals surface area contributed by atoms with Gasteiger partial charge in [-0.1, -0.05) is 13.8 Å². The Kier molecular flexibility index (Phi) is 4.13. The lowest BCUT2D eigenvalue weighted by Gasteiger charge is -2.25. The van der Waals surface area contributed by atoms with Crippen LogP contribution in [0, 0.1) is 17.3 Å². The van der Waals surface area contributed by atoms with Gasteiger partial charge in [-0.25, -0.2) is 0 Å². The van der Waals surface area contributed by atoms with Gasteiger partial charge < -0.3 is 15.7 Å². The number of carbonyl (C=O) groups is 2. The van der Waals surface area contributed by atoms with Crippen molar-refractivity contribution in [2.75, 3.05) is 13.1 Å². The molecule has 0 bridgehead atoms. The maximum absolute atomic E-state index is 12.3. The summed E-state index contributed by atoms with van der Waals surface area (Å²) in [5, 5.41) is 15.1. The zero-order chi connectivity index (χ0) is 14.0. The van der Waals surface area contributed by atoms with E-state index in [0.717, 1.165) is 32.4 Å². The number of carboxylic acids is 1. The van der Waals surface area contributed by atoms with Gasteiger partial charge in [-0.3, -0.25) is 9.59 Å². The summed E-state index contributed by atoms with van der Waals surface area (Å²) in [6.07, 6.45) is 3.11. The molecule has 5 nitrogen and oxygen atoms in total. The molecule has 0 radical (unpaired) electrons. The van der Waals surface area contributed by atoms with E-state index in [0.29, 0.717) is 0 Å². The molecule has 1 aliphatic carbocycles. The Labute approximate surface area is 114 Å². The molecule has 0 aromatic rings. The molecule has 1 aliphatic heterocycles. The van der Waals surface area contributed by atoms with Crippen molar-refractivity contribution in [3.05, 3.63) is 0 Å². The molecule has 5 heteroatoms. The van der Waals surface area contributed by atoms with Crippen LogP contribution >= 0.6 is 0 Å². The summed E-state index contributed by atoms with van der Waals surface area (Å²) >= 11 is 0. The van der Waals surface area contributed by atoms with Crippen molar-refractivity contribution >= 4 is 11.9 Å². The quantitative estimate of drug-likeness (QED) is 0.695. The number of piperidine rings is 1. The summed E-state index contributed by atoms with van der Waals surface area (Å²) in [6, 6.07) is -0.260. The first kappa shape index (κ1) is 14.3. The lowest BCUT2D eigenvalue weighted by Crippen LogP contribution is -2.42. The van der Waals surface area contributed by atoms with E-state index >= 15 is 0 Å². The van der Waals surface area contributed by atoms with Crippen LogP contribution in [0.3, 0.4) is 0 Å². The van der Waals surface area contributed by atoms with Gasteiger partial charge >= 0.3 is 5.97 Å². The van der Waals surface area contributed by atoms with Gasteiger partial charge in [-0.15, -0.1) is 0 Å². The molecule has 2 rings (SSSR count). The standard InChI is InChI=1S/C14H24N2O3/c1-9(2)11(7-12(17)18)16-13(19)10-8-14(10)3-5-15-6-4-14/h9-11,15H,3-8H2,1-2H3,(H,16,19)(H,17,18). The Morgan fingerprint density at radius 3 is 2.53 bits per heavy atom. The normalized spacial score (nSPS) is 26.2. The van der Waals surface area contributed by atoms with Gasteiger partial charge in [-0.2, -0.15) is 0 Å². The van der Waals surface area contributed by atoms with E-state index in [1.807, 2.05) is 13.8 Å². The average molecular weight is 268 g/mol. The molecule has 19 heavy (non-hydrogen) atoms. The van der Waals surface area contributed by atoms with Gasteiger partial charge in [0.1, 0.15) is 0 Å². The Bertz CT molecular complexity index is 362. The zero-order valence-corrected chi connectivity index (χ0v) is 11.7. The van der Waals surface area contributed by atoms with Crippen LogP contribution in [0.4, 0.5) is 0 Å². The summed E-state index contributed by atoms with van der Waals surface area (Å²) in [4.78, 5) is 23.1. The molecule has 108 valence electrons. The molecular formula is C14H24N2O3. The summed E-state index contributed by atoms with van der Waals surface area (Å²) < 4.78 is 0. The summed E-state index contributed by atoms with van der Waals surface area (Å²) in [6.45, 7) is 5.88. The second kappa shape index (κ2) is 5.49. The lowest BCUT2D eigenvalue weighted by molar-refractivity contribution is -0.138. The van der Waals surface area contributed by atoms with Crippen molar-refractivity contribution < 1.29 is 14.7 Å². The van der Waals surface area contributed by atoms with Crippen molar-refractivity contribution in [2.45, 2.75) is 45.6 Å². The molecule has 2 atom stereocenters. The van der Waals surface area contributed by atoms with Crippen LogP contribution in [0.25, 0.3) is 0 Å². The molecule has 1 heterocycles. The van der Waals surface area contributed by atoms with Gasteiger partial charge in [0.2, 0.25) is 5.91 Å². The minimum Gasteiger partial charge on any atom is -0.481 e. The molecule has 0 aromatic carbocycles. The van der Waals surface area contributed by atoms with Gasteiger partial charge in [-0.05, 0) is 43.7 Å². The minimum absolute atomic E-state index is 0.00465. The van der Waals surface area contributed by atoms with Crippen LogP contribution in [-0.2, 0) is 9.59 Å². The molecule has 3 N–H and O–H groups in total. The minimum atomic E-state index is -0.855. The van der Waals surface area contributed by atoms with E-state index in [1.54, 1.807) is 0 Å². The number of carboxylic acid groups (broad SMARTS) is 1. The van der Waals surface area contributed by atoms with Crippen LogP contribution < -0.4 is 10.6 Å². The number of amides is 1. The van der Waals surface area contributed by atoms with E-state index in [2.05, 4.69) is 10.6 Å². The van der Waals surface area contributed by atoms with E-state index in [4.69, 9.17) is 5.11 Å². The van der Waals surface area contributed by atoms with Gasteiger partial charge in [0, 0.05) is 12.0 Å². The van der Waals surface area contributed by atoms with E-state index in [1.165, 1.54) is 0 Å². The molecular weight excluding hydrogens is 244 g/mol. The first-order chi connectivity index (χ1) is 8.94. The Hall–Kier alpha value is -1.10. The van der Waals surface area contributed by atoms with Crippen LogP contribution in [0.15, 0.2) is 0 Å². The largest absolute Gasteiger partial charge is 0.481 e. The zero-order valence-electron chi connectivity index (χ0n) is 11.7. The van der Waals surface area contributed by atoms with Crippen molar-refractivity contribution in [2.24, 2.45) is 17.3 Å². The average Bonchev–Trinajstić information content (AvgIpc) is 3.02. The third-order valence-electron chi connectivity index (χ3n) is 4.63. The predicted molar refractivity (Wildman–Crippen MR) is 71.7 cm³/mol. The molecule has 1 saturated carbocycles. The smallest absolute Gasteiger partial charge is 0.305 e. The number of carbonyl (C=O) groups excluding carboxylic acids is 1. The van der Waals surface area contributed by atoms with E-state index in [9.17, 15) is 9.59 Å². The van der Waals surface area contributed by atoms with Crippen molar-refractivity contribution in [1.82, 2.24) is 10.6 Å². The molecule has 1 spiro atoms. The highest BCUT2D eigenvalue weighted by Crippen LogP contribution is 2.58. The predicted octanol–water partition coefficient (Wildman–Crippen LogP) is 0.992. The van der Waals surface area contributed by atoms with Gasteiger partial charge in [0.25, 0.3) is 0 Å². The number of hydrogen-bond acceptors (Lipinski definition) is 3. The fourth-order valence-corrected chi connectivity index (χ4v) is 3.12. The second-order valence-electron chi connectivity index (χ2n) is 6.33. The van der Waals surface area contributed by atoms with E-state index < -0.39 is 5.97 Å². The monoisotopic (exact) mass is 268 g/mol. The molecule has 1 saturated heterocycles. The Morgan fingerprint density at radius 2 is 2.00 bits per heavy atom. The van der Waals surface area contributed by atoms with Crippen LogP contribution in [0.1, 0.15) is 39.5 Å². The number of rotatable bonds is 5. The summed E-state index contributed by atoms with van der Waals surface area (Å²) in [5.74, 6) is -0.555. The first-order valence-corrected chi connectivity index (χ1v) is 7.17. The second-order valence-corrected chi connectivity index (χ2v) is 6.33. The topological polar surface area (TPSA) is 78.4 Å². The SMILES string of the molecule is CC(C)C(CC(=O)O)NC(=O)C1CC12CCNCC2. The molecule has 2 aliphatic rings. The third kappa shape index (κ3) is 3.26. The highest BCUT2D eigenvalue weighted by Gasteiger charge is 2.57. The van der Waals surface area contributed by atoms with Crippen LogP contribution in [0.5, 0.6) is 0 Å². The fourth-order valence-electron chi connectivity index (χ4n) is 3.12. The summed E-state index contributed by atoms with van der Waals surface area (Å²) in [5.41, 5.74) is 0.208. The van der Waals surface area contributed by atoms with Gasteiger partial charge in [0.15, 0.2) is 0 Å². The number of aliphatic carboxylic acids is 1. The Balaban J connectivity index is 1.88. The third-order valence-corrected chi connectivity index (χ3v) is 4.63. The van der Waals surface area contributed by atoms with E-state index in [-0.39, 0.29) is 35.6 Å². The van der Waals surface area contributed by atoms with Crippen molar-refractivity contribution in [3.63, 3.8) is 0 Å². The molecule has 2 unspecified atom stereocenters. The lowest BCUT2D eigenvalue weighted by atomic mass is 9.91. The number of hydrogen-bond donors (Lipinski definition) is 3. The van der Waals surface area contributed by atoms with Crippen molar-refractivity contribution in [1.29, 1.82) is 0 Å². The molecule has 2 fully saturated rings. The maximum atomic E-state index is 12.3. The highest BCUT2D eigenvalue weighted by molar-refractivity contribution is 5.83.